The van der Waals surface area contributed by atoms with Crippen LogP contribution in [0, 0.1) is 5.92 Å². The summed E-state index contributed by atoms with van der Waals surface area (Å²) in [7, 11) is 0. The summed E-state index contributed by atoms with van der Waals surface area (Å²) in [6.45, 7) is 8.90. The Morgan fingerprint density at radius 2 is 1.93 bits per heavy atom. The third kappa shape index (κ3) is 1.88. The maximum Gasteiger partial charge on any atom is 0.126 e. The number of para-hydroxylation sites is 1. The highest BCUT2D eigenvalue weighted by Gasteiger charge is 2.27. The molecule has 0 aromatic heterocycles. The maximum absolute atomic E-state index is 6.06. The largest absolute Gasteiger partial charge is 0.489 e. The van der Waals surface area contributed by atoms with Crippen LogP contribution in [0.15, 0.2) is 18.2 Å². The maximum atomic E-state index is 6.06. The van der Waals surface area contributed by atoms with Crippen molar-refractivity contribution in [2.24, 2.45) is 5.92 Å². The quantitative estimate of drug-likeness (QED) is 0.712. The fourth-order valence-corrected chi connectivity index (χ4v) is 2.15. The molecule has 1 aliphatic rings. The van der Waals surface area contributed by atoms with Gasteiger partial charge in [-0.15, -0.1) is 0 Å². The second-order valence-electron chi connectivity index (χ2n) is 5.09. The minimum atomic E-state index is 0.375. The lowest BCUT2D eigenvalue weighted by atomic mass is 9.97. The normalized spacial score (nSPS) is 19.5. The molecule has 1 aromatic carbocycles. The van der Waals surface area contributed by atoms with Gasteiger partial charge >= 0.3 is 0 Å². The summed E-state index contributed by atoms with van der Waals surface area (Å²) < 4.78 is 6.06. The fourth-order valence-electron chi connectivity index (χ4n) is 2.15. The summed E-state index contributed by atoms with van der Waals surface area (Å²) in [5.74, 6) is 2.30. The van der Waals surface area contributed by atoms with Gasteiger partial charge in [0.15, 0.2) is 0 Å². The predicted molar refractivity (Wildman–Crippen MR) is 63.5 cm³/mol. The van der Waals surface area contributed by atoms with Gasteiger partial charge in [-0.2, -0.15) is 0 Å². The van der Waals surface area contributed by atoms with Gasteiger partial charge in [-0.1, -0.05) is 45.9 Å². The molecule has 82 valence electrons. The van der Waals surface area contributed by atoms with Gasteiger partial charge in [0.25, 0.3) is 0 Å². The number of hydrogen-bond donors (Lipinski definition) is 0. The van der Waals surface area contributed by atoms with E-state index in [-0.39, 0.29) is 0 Å². The fraction of sp³-hybridized carbons (Fsp3) is 0.571. The summed E-state index contributed by atoms with van der Waals surface area (Å²) in [4.78, 5) is 0. The van der Waals surface area contributed by atoms with E-state index in [0.29, 0.717) is 17.9 Å². The van der Waals surface area contributed by atoms with Crippen LogP contribution in [-0.2, 0) is 6.42 Å². The van der Waals surface area contributed by atoms with E-state index >= 15 is 0 Å². The van der Waals surface area contributed by atoms with Gasteiger partial charge in [0.2, 0.25) is 0 Å². The first kappa shape index (κ1) is 10.5. The minimum Gasteiger partial charge on any atom is -0.489 e. The minimum absolute atomic E-state index is 0.375. The SMILES string of the molecule is CC(C)c1cccc2c1OC(C(C)C)C2. The molecule has 0 amide bonds. The lowest BCUT2D eigenvalue weighted by Crippen LogP contribution is -2.20. The molecule has 0 radical (unpaired) electrons. The Balaban J connectivity index is 2.33. The van der Waals surface area contributed by atoms with E-state index in [4.69, 9.17) is 4.74 Å². The molecule has 1 aliphatic heterocycles. The number of benzene rings is 1. The van der Waals surface area contributed by atoms with Crippen LogP contribution in [0.1, 0.15) is 44.7 Å². The Kier molecular flexibility index (Phi) is 2.72. The summed E-state index contributed by atoms with van der Waals surface area (Å²) in [5.41, 5.74) is 2.75. The zero-order valence-corrected chi connectivity index (χ0v) is 10.1. The number of fused-ring (bicyclic) bond motifs is 1. The van der Waals surface area contributed by atoms with E-state index in [1.165, 1.54) is 11.1 Å². The Hall–Kier alpha value is -0.980. The molecule has 0 saturated heterocycles. The van der Waals surface area contributed by atoms with Crippen LogP contribution < -0.4 is 4.74 Å². The molecule has 2 rings (SSSR count). The smallest absolute Gasteiger partial charge is 0.126 e. The number of ether oxygens (including phenoxy) is 1. The van der Waals surface area contributed by atoms with Crippen molar-refractivity contribution in [1.29, 1.82) is 0 Å². The average Bonchev–Trinajstić information content (AvgIpc) is 2.60. The molecule has 1 aromatic rings. The van der Waals surface area contributed by atoms with Gasteiger partial charge in [0.05, 0.1) is 0 Å². The highest BCUT2D eigenvalue weighted by Crippen LogP contribution is 2.37. The average molecular weight is 204 g/mol. The molecule has 1 atom stereocenters. The van der Waals surface area contributed by atoms with E-state index in [1.807, 2.05) is 0 Å². The van der Waals surface area contributed by atoms with Crippen molar-refractivity contribution < 1.29 is 4.74 Å². The second-order valence-corrected chi connectivity index (χ2v) is 5.09. The first-order chi connectivity index (χ1) is 7.09. The molecule has 0 fully saturated rings. The molecule has 1 heteroatoms. The lowest BCUT2D eigenvalue weighted by molar-refractivity contribution is 0.177. The van der Waals surface area contributed by atoms with Crippen molar-refractivity contribution in [3.05, 3.63) is 29.3 Å². The standard InChI is InChI=1S/C14H20O/c1-9(2)12-7-5-6-11-8-13(10(3)4)15-14(11)12/h5-7,9-10,13H,8H2,1-4H3. The Bertz CT molecular complexity index is 352. The zero-order valence-electron chi connectivity index (χ0n) is 10.1. The lowest BCUT2D eigenvalue weighted by Gasteiger charge is -2.16. The number of hydrogen-bond acceptors (Lipinski definition) is 1. The molecule has 1 unspecified atom stereocenters. The van der Waals surface area contributed by atoms with Gasteiger partial charge < -0.3 is 4.74 Å². The van der Waals surface area contributed by atoms with Gasteiger partial charge in [-0.3, -0.25) is 0 Å². The van der Waals surface area contributed by atoms with Gasteiger partial charge in [-0.25, -0.2) is 0 Å². The van der Waals surface area contributed by atoms with E-state index < -0.39 is 0 Å². The molecule has 0 N–H and O–H groups in total. The summed E-state index contributed by atoms with van der Waals surface area (Å²) in [6.07, 6.45) is 1.45. The molecule has 0 spiro atoms. The van der Waals surface area contributed by atoms with E-state index in [1.54, 1.807) is 0 Å². The number of rotatable bonds is 2. The summed E-state index contributed by atoms with van der Waals surface area (Å²) in [5, 5.41) is 0. The Morgan fingerprint density at radius 1 is 1.20 bits per heavy atom. The van der Waals surface area contributed by atoms with Crippen LogP contribution in [0.5, 0.6) is 5.75 Å². The zero-order chi connectivity index (χ0) is 11.0. The summed E-state index contributed by atoms with van der Waals surface area (Å²) in [6, 6.07) is 6.54. The molecular weight excluding hydrogens is 184 g/mol. The van der Waals surface area contributed by atoms with E-state index in [2.05, 4.69) is 45.9 Å². The Labute approximate surface area is 92.5 Å². The molecular formula is C14H20O. The van der Waals surface area contributed by atoms with Crippen molar-refractivity contribution in [3.63, 3.8) is 0 Å². The van der Waals surface area contributed by atoms with Gasteiger partial charge in [-0.05, 0) is 23.0 Å². The predicted octanol–water partition coefficient (Wildman–Crippen LogP) is 3.77. The van der Waals surface area contributed by atoms with Crippen molar-refractivity contribution >= 4 is 0 Å². The van der Waals surface area contributed by atoms with Crippen LogP contribution >= 0.6 is 0 Å². The monoisotopic (exact) mass is 204 g/mol. The molecule has 15 heavy (non-hydrogen) atoms. The summed E-state index contributed by atoms with van der Waals surface area (Å²) >= 11 is 0. The first-order valence-electron chi connectivity index (χ1n) is 5.88. The Morgan fingerprint density at radius 3 is 2.53 bits per heavy atom. The van der Waals surface area contributed by atoms with Crippen LogP contribution in [0.4, 0.5) is 0 Å². The van der Waals surface area contributed by atoms with Crippen LogP contribution in [0.3, 0.4) is 0 Å². The molecule has 0 bridgehead atoms. The molecule has 0 saturated carbocycles. The van der Waals surface area contributed by atoms with Crippen molar-refractivity contribution in [3.8, 4) is 5.75 Å². The van der Waals surface area contributed by atoms with E-state index in [9.17, 15) is 0 Å². The second kappa shape index (κ2) is 3.88. The van der Waals surface area contributed by atoms with Crippen molar-refractivity contribution in [1.82, 2.24) is 0 Å². The van der Waals surface area contributed by atoms with Crippen LogP contribution in [0.2, 0.25) is 0 Å². The van der Waals surface area contributed by atoms with Crippen LogP contribution in [-0.4, -0.2) is 6.10 Å². The molecule has 0 aliphatic carbocycles. The van der Waals surface area contributed by atoms with Crippen molar-refractivity contribution in [2.75, 3.05) is 0 Å². The van der Waals surface area contributed by atoms with Gasteiger partial charge in [0.1, 0.15) is 11.9 Å². The third-order valence-corrected chi connectivity index (χ3v) is 3.18. The molecule has 1 nitrogen and oxygen atoms in total. The van der Waals surface area contributed by atoms with Crippen LogP contribution in [0.25, 0.3) is 0 Å². The van der Waals surface area contributed by atoms with E-state index in [0.717, 1.165) is 12.2 Å². The first-order valence-corrected chi connectivity index (χ1v) is 5.88. The van der Waals surface area contributed by atoms with Gasteiger partial charge in [0, 0.05) is 6.42 Å². The molecule has 1 heterocycles. The highest BCUT2D eigenvalue weighted by atomic mass is 16.5. The highest BCUT2D eigenvalue weighted by molar-refractivity contribution is 5.46. The third-order valence-electron chi connectivity index (χ3n) is 3.18. The topological polar surface area (TPSA) is 9.23 Å². The van der Waals surface area contributed by atoms with Crippen molar-refractivity contribution in [2.45, 2.75) is 46.1 Å².